The fourth-order valence-electron chi connectivity index (χ4n) is 2.20. The van der Waals surface area contributed by atoms with Crippen molar-refractivity contribution < 1.29 is 9.59 Å². The molecule has 0 radical (unpaired) electrons. The maximum absolute atomic E-state index is 12.0. The van der Waals surface area contributed by atoms with Gasteiger partial charge in [-0.1, -0.05) is 12.1 Å². The molecule has 1 atom stereocenters. The van der Waals surface area contributed by atoms with Gasteiger partial charge in [-0.2, -0.15) is 5.26 Å². The summed E-state index contributed by atoms with van der Waals surface area (Å²) in [6.45, 7) is 1.05. The number of hydrogen-bond donors (Lipinski definition) is 1. The summed E-state index contributed by atoms with van der Waals surface area (Å²) in [5.74, 6) is -0.275. The molecule has 1 aromatic rings. The van der Waals surface area contributed by atoms with Crippen molar-refractivity contribution in [2.45, 2.75) is 19.4 Å². The van der Waals surface area contributed by atoms with E-state index in [2.05, 4.69) is 11.4 Å². The van der Waals surface area contributed by atoms with Gasteiger partial charge in [0, 0.05) is 32.5 Å². The lowest BCUT2D eigenvalue weighted by Gasteiger charge is -2.27. The number of piperidine rings is 1. The van der Waals surface area contributed by atoms with Crippen LogP contribution < -0.4 is 5.32 Å². The number of amides is 2. The molecular weight excluding hydrogens is 254 g/mol. The second-order valence-electron chi connectivity index (χ2n) is 5.03. The van der Waals surface area contributed by atoms with Crippen LogP contribution in [0.15, 0.2) is 24.3 Å². The number of carbonyl (C=O) groups is 2. The number of nitrogens with zero attached hydrogens (tertiary/aromatic N) is 2. The minimum absolute atomic E-state index is 0.0229. The van der Waals surface area contributed by atoms with Gasteiger partial charge in [-0.25, -0.2) is 0 Å². The van der Waals surface area contributed by atoms with Crippen LogP contribution in [0.3, 0.4) is 0 Å². The van der Waals surface area contributed by atoms with E-state index in [0.717, 1.165) is 5.56 Å². The van der Waals surface area contributed by atoms with Crippen molar-refractivity contribution >= 4 is 11.8 Å². The van der Waals surface area contributed by atoms with Crippen LogP contribution in [0.1, 0.15) is 24.0 Å². The normalized spacial score (nSPS) is 18.5. The molecular formula is C15H17N3O2. The van der Waals surface area contributed by atoms with E-state index in [1.54, 1.807) is 24.1 Å². The predicted molar refractivity (Wildman–Crippen MR) is 73.4 cm³/mol. The van der Waals surface area contributed by atoms with Crippen molar-refractivity contribution in [1.29, 1.82) is 5.26 Å². The van der Waals surface area contributed by atoms with E-state index < -0.39 is 0 Å². The van der Waals surface area contributed by atoms with Crippen LogP contribution in [-0.4, -0.2) is 30.3 Å². The first-order chi connectivity index (χ1) is 9.60. The molecule has 5 nitrogen and oxygen atoms in total. The first-order valence-corrected chi connectivity index (χ1v) is 6.61. The molecule has 20 heavy (non-hydrogen) atoms. The van der Waals surface area contributed by atoms with Crippen LogP contribution >= 0.6 is 0 Å². The summed E-state index contributed by atoms with van der Waals surface area (Å²) in [7, 11) is 1.76. The second kappa shape index (κ2) is 6.20. The smallest absolute Gasteiger partial charge is 0.223 e. The number of benzene rings is 1. The van der Waals surface area contributed by atoms with E-state index in [0.29, 0.717) is 25.1 Å². The zero-order valence-corrected chi connectivity index (χ0v) is 11.4. The Hall–Kier alpha value is -2.35. The summed E-state index contributed by atoms with van der Waals surface area (Å²) in [5.41, 5.74) is 1.54. The average molecular weight is 271 g/mol. The van der Waals surface area contributed by atoms with E-state index in [1.807, 2.05) is 12.1 Å². The Morgan fingerprint density at radius 2 is 2.15 bits per heavy atom. The fraction of sp³-hybridized carbons (Fsp3) is 0.400. The maximum Gasteiger partial charge on any atom is 0.223 e. The van der Waals surface area contributed by atoms with E-state index in [4.69, 9.17) is 5.26 Å². The summed E-state index contributed by atoms with van der Waals surface area (Å²) >= 11 is 0. The van der Waals surface area contributed by atoms with Crippen molar-refractivity contribution in [2.75, 3.05) is 13.6 Å². The fourth-order valence-corrected chi connectivity index (χ4v) is 2.20. The molecule has 1 fully saturated rings. The summed E-state index contributed by atoms with van der Waals surface area (Å²) in [5, 5.41) is 11.6. The van der Waals surface area contributed by atoms with Crippen LogP contribution in [0.5, 0.6) is 0 Å². The van der Waals surface area contributed by atoms with Crippen molar-refractivity contribution in [3.05, 3.63) is 35.4 Å². The highest BCUT2D eigenvalue weighted by Crippen LogP contribution is 2.17. The number of hydrogen-bond acceptors (Lipinski definition) is 3. The zero-order chi connectivity index (χ0) is 14.5. The van der Waals surface area contributed by atoms with E-state index in [-0.39, 0.29) is 24.2 Å². The molecule has 0 aromatic heterocycles. The molecule has 1 aliphatic heterocycles. The summed E-state index contributed by atoms with van der Waals surface area (Å²) in [6.07, 6.45) is 0.997. The Morgan fingerprint density at radius 1 is 1.45 bits per heavy atom. The zero-order valence-electron chi connectivity index (χ0n) is 11.4. The summed E-state index contributed by atoms with van der Waals surface area (Å²) in [6, 6.07) is 9.13. The van der Waals surface area contributed by atoms with Gasteiger partial charge in [0.2, 0.25) is 11.8 Å². The molecule has 2 amide bonds. The molecule has 0 aliphatic carbocycles. The first-order valence-electron chi connectivity index (χ1n) is 6.61. The topological polar surface area (TPSA) is 73.2 Å². The van der Waals surface area contributed by atoms with Crippen LogP contribution in [0.2, 0.25) is 0 Å². The third-order valence-electron chi connectivity index (χ3n) is 3.58. The quantitative estimate of drug-likeness (QED) is 0.892. The van der Waals surface area contributed by atoms with Gasteiger partial charge in [-0.05, 0) is 24.1 Å². The lowest BCUT2D eigenvalue weighted by Crippen LogP contribution is -2.41. The Labute approximate surface area is 118 Å². The van der Waals surface area contributed by atoms with Gasteiger partial charge in [0.15, 0.2) is 0 Å². The largest absolute Gasteiger partial charge is 0.352 e. The molecule has 1 N–H and O–H groups in total. The minimum atomic E-state index is -0.225. The molecule has 1 saturated heterocycles. The Balaban J connectivity index is 1.85. The third-order valence-corrected chi connectivity index (χ3v) is 3.58. The Bertz CT molecular complexity index is 545. The second-order valence-corrected chi connectivity index (χ2v) is 5.03. The lowest BCUT2D eigenvalue weighted by atomic mass is 9.95. The molecule has 104 valence electrons. The maximum atomic E-state index is 12.0. The molecule has 0 bridgehead atoms. The predicted octanol–water partition coefficient (Wildman–Crippen LogP) is 1.04. The Morgan fingerprint density at radius 3 is 2.75 bits per heavy atom. The molecule has 0 saturated carbocycles. The number of nitrogens with one attached hydrogen (secondary N) is 1. The number of likely N-dealkylation sites (tertiary alicyclic amines) is 1. The van der Waals surface area contributed by atoms with Crippen molar-refractivity contribution in [2.24, 2.45) is 5.92 Å². The molecule has 1 aromatic carbocycles. The monoisotopic (exact) mass is 271 g/mol. The highest BCUT2D eigenvalue weighted by atomic mass is 16.2. The van der Waals surface area contributed by atoms with Gasteiger partial charge in [0.25, 0.3) is 0 Å². The van der Waals surface area contributed by atoms with Gasteiger partial charge < -0.3 is 10.2 Å². The summed E-state index contributed by atoms with van der Waals surface area (Å²) < 4.78 is 0. The highest BCUT2D eigenvalue weighted by molar-refractivity contribution is 5.86. The van der Waals surface area contributed by atoms with Gasteiger partial charge >= 0.3 is 0 Å². The van der Waals surface area contributed by atoms with Gasteiger partial charge in [-0.3, -0.25) is 9.59 Å². The molecule has 2 rings (SSSR count). The minimum Gasteiger partial charge on any atom is -0.352 e. The van der Waals surface area contributed by atoms with Gasteiger partial charge in [-0.15, -0.1) is 0 Å². The molecule has 1 aliphatic rings. The lowest BCUT2D eigenvalue weighted by molar-refractivity contribution is -0.139. The van der Waals surface area contributed by atoms with Crippen molar-refractivity contribution in [3.63, 3.8) is 0 Å². The SMILES string of the molecule is CN1CCC(C(=O)NCc2ccc(C#N)cc2)CC1=O. The molecule has 1 unspecified atom stereocenters. The van der Waals surface area contributed by atoms with E-state index in [9.17, 15) is 9.59 Å². The van der Waals surface area contributed by atoms with Crippen LogP contribution in [0, 0.1) is 17.2 Å². The van der Waals surface area contributed by atoms with Crippen LogP contribution in [0.25, 0.3) is 0 Å². The average Bonchev–Trinajstić information content (AvgIpc) is 2.48. The van der Waals surface area contributed by atoms with E-state index in [1.165, 1.54) is 0 Å². The highest BCUT2D eigenvalue weighted by Gasteiger charge is 2.28. The summed E-state index contributed by atoms with van der Waals surface area (Å²) in [4.78, 5) is 25.2. The molecule has 1 heterocycles. The number of carbonyl (C=O) groups excluding carboxylic acids is 2. The standard InChI is InChI=1S/C15H17N3O2/c1-18-7-6-13(8-14(18)19)15(20)17-10-12-4-2-11(9-16)3-5-12/h2-5,13H,6-8,10H2,1H3,(H,17,20). The van der Waals surface area contributed by atoms with Gasteiger partial charge in [0.05, 0.1) is 11.6 Å². The van der Waals surface area contributed by atoms with Gasteiger partial charge in [0.1, 0.15) is 0 Å². The third kappa shape index (κ3) is 3.35. The van der Waals surface area contributed by atoms with Crippen LogP contribution in [-0.2, 0) is 16.1 Å². The number of rotatable bonds is 3. The first kappa shape index (κ1) is 14.1. The van der Waals surface area contributed by atoms with Crippen LogP contribution in [0.4, 0.5) is 0 Å². The number of nitriles is 1. The molecule has 5 heteroatoms. The van der Waals surface area contributed by atoms with Crippen molar-refractivity contribution in [3.8, 4) is 6.07 Å². The molecule has 0 spiro atoms. The van der Waals surface area contributed by atoms with Crippen molar-refractivity contribution in [1.82, 2.24) is 10.2 Å². The Kier molecular flexibility index (Phi) is 4.36. The van der Waals surface area contributed by atoms with E-state index >= 15 is 0 Å².